The number of hydrogen-bond donors (Lipinski definition) is 0. The Balaban J connectivity index is 2.59. The highest BCUT2D eigenvalue weighted by Gasteiger charge is 2.17. The first kappa shape index (κ1) is 10.6. The fourth-order valence-electron chi connectivity index (χ4n) is 1.01. The van der Waals surface area contributed by atoms with E-state index in [0.29, 0.717) is 0 Å². The monoisotopic (exact) mass is 294 g/mol. The van der Waals surface area contributed by atoms with Gasteiger partial charge in [0.25, 0.3) is 0 Å². The summed E-state index contributed by atoms with van der Waals surface area (Å²) in [5.74, 6) is -3.97. The summed E-state index contributed by atoms with van der Waals surface area (Å²) >= 11 is 3.88. The molecule has 0 amide bonds. The molecule has 0 spiro atoms. The van der Waals surface area contributed by atoms with E-state index in [2.05, 4.69) is 25.3 Å². The molecule has 0 unspecified atom stereocenters. The molecule has 0 aliphatic heterocycles. The normalized spacial score (nSPS) is 10.7. The molecule has 0 fully saturated rings. The second kappa shape index (κ2) is 3.90. The van der Waals surface area contributed by atoms with E-state index < -0.39 is 17.5 Å². The zero-order valence-corrected chi connectivity index (χ0v) is 9.37. The number of nitrogens with zero attached hydrogens (tertiary/aromatic N) is 2. The van der Waals surface area contributed by atoms with E-state index in [0.717, 1.165) is 23.7 Å². The van der Waals surface area contributed by atoms with Crippen LogP contribution in [0.5, 0.6) is 0 Å². The summed E-state index contributed by atoms with van der Waals surface area (Å²) in [7, 11) is 0. The third-order valence-corrected chi connectivity index (χ3v) is 3.00. The first-order chi connectivity index (χ1) is 7.09. The lowest BCUT2D eigenvalue weighted by Crippen LogP contribution is -1.93. The van der Waals surface area contributed by atoms with Crippen LogP contribution in [0.15, 0.2) is 16.9 Å². The zero-order valence-electron chi connectivity index (χ0n) is 6.97. The zero-order chi connectivity index (χ0) is 11.0. The van der Waals surface area contributed by atoms with Crippen molar-refractivity contribution in [2.75, 3.05) is 0 Å². The Morgan fingerprint density at radius 2 is 1.87 bits per heavy atom. The van der Waals surface area contributed by atoms with Crippen molar-refractivity contribution in [3.05, 3.63) is 34.3 Å². The highest BCUT2D eigenvalue weighted by Crippen LogP contribution is 2.28. The van der Waals surface area contributed by atoms with Crippen LogP contribution in [-0.2, 0) is 0 Å². The van der Waals surface area contributed by atoms with Crippen LogP contribution in [0.4, 0.5) is 13.2 Å². The quantitative estimate of drug-likeness (QED) is 0.754. The van der Waals surface area contributed by atoms with Crippen LogP contribution in [0.1, 0.15) is 0 Å². The molecule has 0 saturated heterocycles. The molecule has 7 heteroatoms. The molecule has 2 aromatic rings. The fourth-order valence-corrected chi connectivity index (χ4v) is 2.10. The number of benzene rings is 1. The van der Waals surface area contributed by atoms with Crippen molar-refractivity contribution in [2.24, 2.45) is 0 Å². The second-order valence-corrected chi connectivity index (χ2v) is 4.05. The first-order valence-corrected chi connectivity index (χ1v) is 5.29. The maximum atomic E-state index is 13.3. The van der Waals surface area contributed by atoms with Crippen molar-refractivity contribution in [1.29, 1.82) is 0 Å². The standard InChI is InChI=1S/C8H2BrF3N2S/c9-8-13-7(15-14-8)3-1-2-4(10)6(12)5(3)11/h1-2H. The molecule has 2 nitrogen and oxygen atoms in total. The summed E-state index contributed by atoms with van der Waals surface area (Å²) in [6, 6.07) is 1.98. The highest BCUT2D eigenvalue weighted by molar-refractivity contribution is 9.10. The Bertz CT molecular complexity index is 515. The molecule has 0 N–H and O–H groups in total. The lowest BCUT2D eigenvalue weighted by atomic mass is 10.2. The number of hydrogen-bond acceptors (Lipinski definition) is 3. The summed E-state index contributed by atoms with van der Waals surface area (Å²) in [6.45, 7) is 0. The third-order valence-electron chi connectivity index (χ3n) is 1.67. The van der Waals surface area contributed by atoms with E-state index in [4.69, 9.17) is 0 Å². The van der Waals surface area contributed by atoms with Crippen molar-refractivity contribution >= 4 is 27.5 Å². The lowest BCUT2D eigenvalue weighted by Gasteiger charge is -1.99. The van der Waals surface area contributed by atoms with Gasteiger partial charge < -0.3 is 0 Å². The molecule has 1 heterocycles. The minimum absolute atomic E-state index is 0.0999. The largest absolute Gasteiger partial charge is 0.209 e. The van der Waals surface area contributed by atoms with Gasteiger partial charge in [0.15, 0.2) is 17.5 Å². The lowest BCUT2D eigenvalue weighted by molar-refractivity contribution is 0.449. The van der Waals surface area contributed by atoms with Gasteiger partial charge in [-0.05, 0) is 39.6 Å². The van der Waals surface area contributed by atoms with Gasteiger partial charge in [0.2, 0.25) is 4.73 Å². The van der Waals surface area contributed by atoms with E-state index in [-0.39, 0.29) is 15.3 Å². The predicted molar refractivity (Wildman–Crippen MR) is 52.9 cm³/mol. The Morgan fingerprint density at radius 1 is 1.13 bits per heavy atom. The molecule has 0 atom stereocenters. The Hall–Kier alpha value is -0.950. The minimum atomic E-state index is -1.50. The van der Waals surface area contributed by atoms with Gasteiger partial charge in [0.05, 0.1) is 5.56 Å². The van der Waals surface area contributed by atoms with Gasteiger partial charge in [-0.2, -0.15) is 4.37 Å². The van der Waals surface area contributed by atoms with E-state index in [9.17, 15) is 13.2 Å². The molecule has 78 valence electrons. The van der Waals surface area contributed by atoms with Gasteiger partial charge in [-0.25, -0.2) is 18.2 Å². The molecule has 0 aliphatic rings. The molecule has 0 saturated carbocycles. The van der Waals surface area contributed by atoms with Crippen molar-refractivity contribution in [3.63, 3.8) is 0 Å². The Kier molecular flexibility index (Phi) is 2.74. The van der Waals surface area contributed by atoms with Crippen LogP contribution < -0.4 is 0 Å². The molecule has 1 aromatic heterocycles. The van der Waals surface area contributed by atoms with Gasteiger partial charge >= 0.3 is 0 Å². The number of rotatable bonds is 1. The van der Waals surface area contributed by atoms with Crippen LogP contribution in [0.3, 0.4) is 0 Å². The summed E-state index contributed by atoms with van der Waals surface area (Å²) in [5.41, 5.74) is -0.0999. The number of halogens is 4. The second-order valence-electron chi connectivity index (χ2n) is 2.59. The van der Waals surface area contributed by atoms with Crippen molar-refractivity contribution in [2.45, 2.75) is 0 Å². The Morgan fingerprint density at radius 3 is 2.47 bits per heavy atom. The van der Waals surface area contributed by atoms with E-state index in [1.165, 1.54) is 0 Å². The van der Waals surface area contributed by atoms with Gasteiger partial charge in [-0.3, -0.25) is 0 Å². The van der Waals surface area contributed by atoms with E-state index >= 15 is 0 Å². The summed E-state index contributed by atoms with van der Waals surface area (Å²) in [5, 5.41) is 0.193. The van der Waals surface area contributed by atoms with Crippen LogP contribution >= 0.6 is 27.5 Å². The number of aromatic nitrogens is 2. The van der Waals surface area contributed by atoms with Gasteiger partial charge in [-0.1, -0.05) is 0 Å². The molecule has 0 aliphatic carbocycles. The third kappa shape index (κ3) is 1.89. The topological polar surface area (TPSA) is 25.8 Å². The van der Waals surface area contributed by atoms with Crippen molar-refractivity contribution in [3.8, 4) is 10.6 Å². The van der Waals surface area contributed by atoms with E-state index in [1.807, 2.05) is 0 Å². The van der Waals surface area contributed by atoms with Gasteiger partial charge in [0.1, 0.15) is 5.01 Å². The van der Waals surface area contributed by atoms with Gasteiger partial charge in [0, 0.05) is 0 Å². The highest BCUT2D eigenvalue weighted by atomic mass is 79.9. The molecular weight excluding hydrogens is 293 g/mol. The first-order valence-electron chi connectivity index (χ1n) is 3.72. The van der Waals surface area contributed by atoms with E-state index in [1.54, 1.807) is 0 Å². The average molecular weight is 295 g/mol. The SMILES string of the molecule is Fc1ccc(-c2nc(Br)ns2)c(F)c1F. The molecule has 0 radical (unpaired) electrons. The fraction of sp³-hybridized carbons (Fsp3) is 0. The molecule has 1 aromatic carbocycles. The summed E-state index contributed by atoms with van der Waals surface area (Å²) in [6.07, 6.45) is 0. The van der Waals surface area contributed by atoms with Crippen molar-refractivity contribution < 1.29 is 13.2 Å². The van der Waals surface area contributed by atoms with Crippen molar-refractivity contribution in [1.82, 2.24) is 9.36 Å². The minimum Gasteiger partial charge on any atom is -0.209 e. The molecule has 15 heavy (non-hydrogen) atoms. The van der Waals surface area contributed by atoms with Gasteiger partial charge in [-0.15, -0.1) is 0 Å². The van der Waals surface area contributed by atoms with Crippen LogP contribution in [0, 0.1) is 17.5 Å². The Labute approximate surface area is 95.1 Å². The predicted octanol–water partition coefficient (Wildman–Crippen LogP) is 3.38. The van der Waals surface area contributed by atoms with Crippen LogP contribution in [0.2, 0.25) is 0 Å². The smallest absolute Gasteiger partial charge is 0.209 e. The molecule has 0 bridgehead atoms. The molecular formula is C8H2BrF3N2S. The van der Waals surface area contributed by atoms with Crippen LogP contribution in [0.25, 0.3) is 10.6 Å². The van der Waals surface area contributed by atoms with Crippen LogP contribution in [-0.4, -0.2) is 9.36 Å². The maximum absolute atomic E-state index is 13.3. The maximum Gasteiger partial charge on any atom is 0.209 e. The summed E-state index contributed by atoms with van der Waals surface area (Å²) < 4.78 is 42.8. The summed E-state index contributed by atoms with van der Waals surface area (Å²) in [4.78, 5) is 3.81. The molecule has 2 rings (SSSR count). The average Bonchev–Trinajstić information content (AvgIpc) is 2.61.